The van der Waals surface area contributed by atoms with Crippen molar-refractivity contribution in [2.75, 3.05) is 13.7 Å². The molecule has 0 amide bonds. The van der Waals surface area contributed by atoms with Gasteiger partial charge in [-0.05, 0) is 6.42 Å². The van der Waals surface area contributed by atoms with E-state index < -0.39 is 18.2 Å². The van der Waals surface area contributed by atoms with Gasteiger partial charge in [0.2, 0.25) is 0 Å². The number of rotatable bonds is 3. The van der Waals surface area contributed by atoms with Crippen molar-refractivity contribution < 1.29 is 17.9 Å². The van der Waals surface area contributed by atoms with Crippen molar-refractivity contribution in [3.8, 4) is 0 Å². The van der Waals surface area contributed by atoms with Gasteiger partial charge in [0.15, 0.2) is 5.82 Å². The highest BCUT2D eigenvalue weighted by Gasteiger charge is 2.42. The Balaban J connectivity index is 2.27. The fraction of sp³-hybridized carbons (Fsp3) is 0.800. The summed E-state index contributed by atoms with van der Waals surface area (Å²) in [5.74, 6) is -0.403. The van der Waals surface area contributed by atoms with Crippen molar-refractivity contribution in [1.82, 2.24) is 14.8 Å². The highest BCUT2D eigenvalue weighted by atomic mass is 19.4. The number of halogens is 3. The van der Waals surface area contributed by atoms with Crippen LogP contribution in [-0.4, -0.2) is 34.6 Å². The fourth-order valence-electron chi connectivity index (χ4n) is 2.16. The van der Waals surface area contributed by atoms with E-state index in [1.165, 1.54) is 11.7 Å². The Morgan fingerprint density at radius 3 is 2.78 bits per heavy atom. The average Bonchev–Trinajstić information content (AvgIpc) is 2.73. The number of aromatic nitrogens is 3. The maximum atomic E-state index is 12.7. The SMILES string of the molecule is COC(CN)c1nnc2n1CC(C(F)(F)F)CC2. The first-order valence-electron chi connectivity index (χ1n) is 5.69. The molecule has 2 N–H and O–H groups in total. The molecule has 1 aliphatic rings. The molecule has 8 heteroatoms. The van der Waals surface area contributed by atoms with E-state index in [1.807, 2.05) is 0 Å². The topological polar surface area (TPSA) is 66.0 Å². The normalized spacial score (nSPS) is 21.7. The highest BCUT2D eigenvalue weighted by molar-refractivity contribution is 5.04. The molecule has 2 heterocycles. The van der Waals surface area contributed by atoms with Crippen molar-refractivity contribution in [1.29, 1.82) is 0 Å². The molecule has 1 aromatic rings. The Bertz CT molecular complexity index is 414. The van der Waals surface area contributed by atoms with E-state index in [2.05, 4.69) is 10.2 Å². The van der Waals surface area contributed by atoms with E-state index in [9.17, 15) is 13.2 Å². The molecular weight excluding hydrogens is 249 g/mol. The predicted molar refractivity (Wildman–Crippen MR) is 56.7 cm³/mol. The lowest BCUT2D eigenvalue weighted by Crippen LogP contribution is -2.33. The van der Waals surface area contributed by atoms with Gasteiger partial charge in [0, 0.05) is 26.6 Å². The van der Waals surface area contributed by atoms with Crippen LogP contribution in [0.3, 0.4) is 0 Å². The number of fused-ring (bicyclic) bond motifs is 1. The lowest BCUT2D eigenvalue weighted by atomic mass is 9.98. The van der Waals surface area contributed by atoms with Gasteiger partial charge in [0.05, 0.1) is 5.92 Å². The van der Waals surface area contributed by atoms with Crippen LogP contribution in [0.5, 0.6) is 0 Å². The molecule has 0 spiro atoms. The molecule has 2 rings (SSSR count). The summed E-state index contributed by atoms with van der Waals surface area (Å²) in [6.07, 6.45) is -4.37. The van der Waals surface area contributed by atoms with E-state index in [0.29, 0.717) is 11.6 Å². The zero-order chi connectivity index (χ0) is 13.3. The number of methoxy groups -OCH3 is 1. The standard InChI is InChI=1S/C10H15F3N4O/c1-18-7(4-14)9-16-15-8-3-2-6(5-17(8)9)10(11,12)13/h6-7H,2-5,14H2,1H3. The van der Waals surface area contributed by atoms with Gasteiger partial charge >= 0.3 is 6.18 Å². The molecule has 102 valence electrons. The van der Waals surface area contributed by atoms with E-state index >= 15 is 0 Å². The van der Waals surface area contributed by atoms with E-state index in [-0.39, 0.29) is 25.9 Å². The van der Waals surface area contributed by atoms with Crippen molar-refractivity contribution in [2.45, 2.75) is 31.7 Å². The lowest BCUT2D eigenvalue weighted by Gasteiger charge is -2.27. The molecule has 2 atom stereocenters. The molecule has 0 aliphatic carbocycles. The summed E-state index contributed by atoms with van der Waals surface area (Å²) >= 11 is 0. The van der Waals surface area contributed by atoms with Crippen LogP contribution in [0.2, 0.25) is 0 Å². The van der Waals surface area contributed by atoms with Gasteiger partial charge < -0.3 is 15.0 Å². The number of hydrogen-bond acceptors (Lipinski definition) is 4. The third kappa shape index (κ3) is 2.35. The first kappa shape index (κ1) is 13.3. The van der Waals surface area contributed by atoms with Crippen LogP contribution in [0.4, 0.5) is 13.2 Å². The summed E-state index contributed by atoms with van der Waals surface area (Å²) in [5, 5.41) is 7.80. The summed E-state index contributed by atoms with van der Waals surface area (Å²) in [6.45, 7) is 0.00629. The van der Waals surface area contributed by atoms with Crippen LogP contribution in [0.15, 0.2) is 0 Å². The van der Waals surface area contributed by atoms with Gasteiger partial charge in [-0.15, -0.1) is 10.2 Å². The molecule has 1 aliphatic heterocycles. The first-order valence-corrected chi connectivity index (χ1v) is 5.69. The monoisotopic (exact) mass is 264 g/mol. The summed E-state index contributed by atoms with van der Waals surface area (Å²) < 4.78 is 44.8. The molecular formula is C10H15F3N4O. The minimum Gasteiger partial charge on any atom is -0.372 e. The Labute approximate surface area is 102 Å². The van der Waals surface area contributed by atoms with Gasteiger partial charge in [-0.3, -0.25) is 0 Å². The van der Waals surface area contributed by atoms with Crippen LogP contribution >= 0.6 is 0 Å². The number of nitrogens with zero attached hydrogens (tertiary/aromatic N) is 3. The molecule has 0 radical (unpaired) electrons. The molecule has 1 aromatic heterocycles. The van der Waals surface area contributed by atoms with Crippen molar-refractivity contribution in [3.63, 3.8) is 0 Å². The molecule has 2 unspecified atom stereocenters. The largest absolute Gasteiger partial charge is 0.393 e. The lowest BCUT2D eigenvalue weighted by molar-refractivity contribution is -0.182. The highest BCUT2D eigenvalue weighted by Crippen LogP contribution is 2.35. The molecule has 0 saturated carbocycles. The Morgan fingerprint density at radius 2 is 2.22 bits per heavy atom. The second-order valence-electron chi connectivity index (χ2n) is 4.32. The predicted octanol–water partition coefficient (Wildman–Crippen LogP) is 1.05. The number of ether oxygens (including phenoxy) is 1. The van der Waals surface area contributed by atoms with Gasteiger partial charge in [-0.1, -0.05) is 0 Å². The second kappa shape index (κ2) is 4.85. The van der Waals surface area contributed by atoms with Crippen LogP contribution in [-0.2, 0) is 17.7 Å². The minimum absolute atomic E-state index is 0.0574. The molecule has 0 aromatic carbocycles. The van der Waals surface area contributed by atoms with Crippen LogP contribution in [0.25, 0.3) is 0 Å². The average molecular weight is 264 g/mol. The maximum absolute atomic E-state index is 12.7. The van der Waals surface area contributed by atoms with Gasteiger partial charge in [0.1, 0.15) is 11.9 Å². The smallest absolute Gasteiger partial charge is 0.372 e. The van der Waals surface area contributed by atoms with E-state index in [1.54, 1.807) is 0 Å². The van der Waals surface area contributed by atoms with Crippen LogP contribution < -0.4 is 5.73 Å². The van der Waals surface area contributed by atoms with Gasteiger partial charge in [-0.25, -0.2) is 0 Å². The van der Waals surface area contributed by atoms with Crippen molar-refractivity contribution >= 4 is 0 Å². The summed E-state index contributed by atoms with van der Waals surface area (Å²) in [4.78, 5) is 0. The summed E-state index contributed by atoms with van der Waals surface area (Å²) in [5.41, 5.74) is 5.50. The third-order valence-electron chi connectivity index (χ3n) is 3.22. The van der Waals surface area contributed by atoms with Crippen LogP contribution in [0, 0.1) is 5.92 Å². The molecule has 18 heavy (non-hydrogen) atoms. The summed E-state index contributed by atoms with van der Waals surface area (Å²) in [7, 11) is 1.45. The molecule has 0 bridgehead atoms. The minimum atomic E-state index is -4.19. The summed E-state index contributed by atoms with van der Waals surface area (Å²) in [6, 6.07) is 0. The number of alkyl halides is 3. The van der Waals surface area contributed by atoms with Gasteiger partial charge in [-0.2, -0.15) is 13.2 Å². The van der Waals surface area contributed by atoms with Crippen molar-refractivity contribution in [3.05, 3.63) is 11.6 Å². The van der Waals surface area contributed by atoms with E-state index in [0.717, 1.165) is 0 Å². The molecule has 5 nitrogen and oxygen atoms in total. The second-order valence-corrected chi connectivity index (χ2v) is 4.32. The van der Waals surface area contributed by atoms with E-state index in [4.69, 9.17) is 10.5 Å². The zero-order valence-electron chi connectivity index (χ0n) is 9.94. The third-order valence-corrected chi connectivity index (χ3v) is 3.22. The quantitative estimate of drug-likeness (QED) is 0.886. The molecule has 0 fully saturated rings. The number of aryl methyl sites for hydroxylation is 1. The zero-order valence-corrected chi connectivity index (χ0v) is 9.94. The number of nitrogens with two attached hydrogens (primary N) is 1. The van der Waals surface area contributed by atoms with Gasteiger partial charge in [0.25, 0.3) is 0 Å². The Morgan fingerprint density at radius 1 is 1.50 bits per heavy atom. The fourth-order valence-corrected chi connectivity index (χ4v) is 2.16. The number of hydrogen-bond donors (Lipinski definition) is 1. The Hall–Kier alpha value is -1.15. The van der Waals surface area contributed by atoms with Crippen LogP contribution in [0.1, 0.15) is 24.2 Å². The Kier molecular flexibility index (Phi) is 3.58. The maximum Gasteiger partial charge on any atom is 0.393 e. The first-order chi connectivity index (χ1) is 8.47. The van der Waals surface area contributed by atoms with Crippen molar-refractivity contribution in [2.24, 2.45) is 11.7 Å². The molecule has 0 saturated heterocycles.